The minimum atomic E-state index is -1.32. The van der Waals surface area contributed by atoms with Crippen molar-refractivity contribution in [2.75, 3.05) is 0 Å². The number of benzene rings is 2. The van der Waals surface area contributed by atoms with Crippen molar-refractivity contribution < 1.29 is 9.53 Å². The monoisotopic (exact) mass is 235 g/mol. The largest absolute Gasteiger partial charge is 0.433 e. The van der Waals surface area contributed by atoms with Crippen LogP contribution in [0.1, 0.15) is 21.5 Å². The number of rotatable bonds is 1. The topological polar surface area (TPSA) is 30.7 Å². The Hall–Kier alpha value is -2.60. The number of nitrogens with zero attached hydrogens (tertiary/aromatic N) is 1. The molecule has 0 saturated heterocycles. The molecule has 0 spiro atoms. The van der Waals surface area contributed by atoms with Gasteiger partial charge in [0, 0.05) is 0 Å². The van der Waals surface area contributed by atoms with E-state index >= 15 is 0 Å². The quantitative estimate of drug-likeness (QED) is 0.562. The molecule has 1 aliphatic heterocycles. The van der Waals surface area contributed by atoms with Gasteiger partial charge in [-0.05, 0) is 24.3 Å². The van der Waals surface area contributed by atoms with Crippen molar-refractivity contribution in [3.8, 4) is 0 Å². The molecule has 2 aromatic rings. The summed E-state index contributed by atoms with van der Waals surface area (Å²) in [5.74, 6) is -0.439. The Morgan fingerprint density at radius 3 is 2.39 bits per heavy atom. The van der Waals surface area contributed by atoms with Crippen molar-refractivity contribution in [3.05, 3.63) is 82.7 Å². The van der Waals surface area contributed by atoms with Crippen LogP contribution in [0.5, 0.6) is 0 Å². The van der Waals surface area contributed by atoms with Crippen LogP contribution in [0, 0.1) is 6.57 Å². The summed E-state index contributed by atoms with van der Waals surface area (Å²) in [6.07, 6.45) is 0. The zero-order chi connectivity index (χ0) is 12.6. The average Bonchev–Trinajstić information content (AvgIpc) is 2.74. The molecule has 1 heterocycles. The third-order valence-electron chi connectivity index (χ3n) is 3.07. The van der Waals surface area contributed by atoms with Gasteiger partial charge in [-0.15, -0.1) is 0 Å². The maximum Gasteiger partial charge on any atom is 0.433 e. The van der Waals surface area contributed by atoms with Gasteiger partial charge in [-0.2, -0.15) is 0 Å². The highest BCUT2D eigenvalue weighted by Crippen LogP contribution is 2.42. The van der Waals surface area contributed by atoms with Gasteiger partial charge < -0.3 is 4.74 Å². The van der Waals surface area contributed by atoms with Crippen LogP contribution >= 0.6 is 0 Å². The zero-order valence-corrected chi connectivity index (χ0v) is 9.46. The fraction of sp³-hybridized carbons (Fsp3) is 0.0667. The molecule has 0 saturated carbocycles. The molecule has 1 aliphatic rings. The Labute approximate surface area is 104 Å². The van der Waals surface area contributed by atoms with E-state index in [0.717, 1.165) is 0 Å². The normalized spacial score (nSPS) is 20.9. The molecule has 1 unspecified atom stereocenters. The predicted molar refractivity (Wildman–Crippen MR) is 65.7 cm³/mol. The summed E-state index contributed by atoms with van der Waals surface area (Å²) in [5.41, 5.74) is 0.446. The highest BCUT2D eigenvalue weighted by Gasteiger charge is 2.53. The molecule has 1 atom stereocenters. The number of fused-ring (bicyclic) bond motifs is 1. The smallest absolute Gasteiger partial charge is 0.378 e. The van der Waals surface area contributed by atoms with Gasteiger partial charge in [-0.3, -0.25) is 4.85 Å². The number of cyclic esters (lactones) is 1. The molecule has 3 heteroatoms. The van der Waals surface area contributed by atoms with Crippen molar-refractivity contribution in [2.45, 2.75) is 5.72 Å². The SMILES string of the molecule is [C-]#[N+]C1(c2ccccc2)OC(=O)c2ccccc21. The minimum absolute atomic E-state index is 0.439. The predicted octanol–water partition coefficient (Wildman–Crippen LogP) is 2.98. The zero-order valence-electron chi connectivity index (χ0n) is 9.46. The lowest BCUT2D eigenvalue weighted by atomic mass is 9.94. The third kappa shape index (κ3) is 1.26. The van der Waals surface area contributed by atoms with Crippen molar-refractivity contribution in [1.29, 1.82) is 0 Å². The molecule has 18 heavy (non-hydrogen) atoms. The van der Waals surface area contributed by atoms with Crippen molar-refractivity contribution in [1.82, 2.24) is 0 Å². The first-order valence-corrected chi connectivity index (χ1v) is 5.55. The summed E-state index contributed by atoms with van der Waals surface area (Å²) in [6.45, 7) is 7.45. The standard InChI is InChI=1S/C15H9NO2/c1-16-15(11-7-3-2-4-8-11)13-10-6-5-9-12(13)14(17)18-15/h2-10H. The fourth-order valence-electron chi connectivity index (χ4n) is 2.23. The van der Waals surface area contributed by atoms with Crippen LogP contribution in [-0.4, -0.2) is 5.97 Å². The van der Waals surface area contributed by atoms with Crippen LogP contribution in [-0.2, 0) is 10.5 Å². The van der Waals surface area contributed by atoms with Gasteiger partial charge in [0.2, 0.25) is 0 Å². The summed E-state index contributed by atoms with van der Waals surface area (Å²) >= 11 is 0. The number of carbonyl (C=O) groups is 1. The van der Waals surface area contributed by atoms with Crippen LogP contribution in [0.2, 0.25) is 0 Å². The molecule has 3 rings (SSSR count). The first kappa shape index (κ1) is 10.5. The number of hydrogen-bond donors (Lipinski definition) is 0. The number of esters is 1. The summed E-state index contributed by atoms with van der Waals surface area (Å²) in [7, 11) is 0. The van der Waals surface area contributed by atoms with Crippen molar-refractivity contribution >= 4 is 5.97 Å². The van der Waals surface area contributed by atoms with Gasteiger partial charge >= 0.3 is 11.7 Å². The van der Waals surface area contributed by atoms with E-state index in [1.165, 1.54) is 0 Å². The summed E-state index contributed by atoms with van der Waals surface area (Å²) in [5, 5.41) is 0. The lowest BCUT2D eigenvalue weighted by molar-refractivity contribution is 0.0267. The highest BCUT2D eigenvalue weighted by molar-refractivity contribution is 5.95. The van der Waals surface area contributed by atoms with Crippen LogP contribution in [0.25, 0.3) is 4.85 Å². The van der Waals surface area contributed by atoms with Gasteiger partial charge in [0.1, 0.15) is 5.56 Å². The van der Waals surface area contributed by atoms with Crippen LogP contribution < -0.4 is 0 Å². The average molecular weight is 235 g/mol. The molecule has 0 N–H and O–H groups in total. The first-order valence-electron chi connectivity index (χ1n) is 5.55. The lowest BCUT2D eigenvalue weighted by Gasteiger charge is -2.15. The summed E-state index contributed by atoms with van der Waals surface area (Å²) in [4.78, 5) is 15.4. The second-order valence-electron chi connectivity index (χ2n) is 4.06. The molecule has 0 radical (unpaired) electrons. The molecule has 0 fully saturated rings. The fourth-order valence-corrected chi connectivity index (χ4v) is 2.23. The van der Waals surface area contributed by atoms with E-state index in [4.69, 9.17) is 11.3 Å². The second-order valence-corrected chi connectivity index (χ2v) is 4.06. The van der Waals surface area contributed by atoms with E-state index in [2.05, 4.69) is 4.85 Å². The maximum absolute atomic E-state index is 11.8. The molecule has 0 bridgehead atoms. The molecule has 2 aromatic carbocycles. The molecule has 0 aromatic heterocycles. The molecule has 0 amide bonds. The Kier molecular flexibility index (Phi) is 2.17. The third-order valence-corrected chi connectivity index (χ3v) is 3.07. The van der Waals surface area contributed by atoms with Crippen molar-refractivity contribution in [3.63, 3.8) is 0 Å². The Bertz CT molecular complexity index is 658. The van der Waals surface area contributed by atoms with Crippen LogP contribution in [0.4, 0.5) is 0 Å². The van der Waals surface area contributed by atoms with Gasteiger partial charge in [0.05, 0.1) is 11.1 Å². The van der Waals surface area contributed by atoms with Crippen LogP contribution in [0.3, 0.4) is 0 Å². The van der Waals surface area contributed by atoms with E-state index in [-0.39, 0.29) is 0 Å². The number of ether oxygens (including phenoxy) is 1. The summed E-state index contributed by atoms with van der Waals surface area (Å²) < 4.78 is 5.36. The summed E-state index contributed by atoms with van der Waals surface area (Å²) in [6, 6.07) is 16.2. The van der Waals surface area contributed by atoms with E-state index < -0.39 is 11.7 Å². The Balaban J connectivity index is 2.28. The van der Waals surface area contributed by atoms with Gasteiger partial charge in [0.15, 0.2) is 0 Å². The second kappa shape index (κ2) is 3.71. The highest BCUT2D eigenvalue weighted by atomic mass is 16.6. The Morgan fingerprint density at radius 2 is 1.67 bits per heavy atom. The maximum atomic E-state index is 11.8. The number of hydrogen-bond acceptors (Lipinski definition) is 2. The van der Waals surface area contributed by atoms with Crippen LogP contribution in [0.15, 0.2) is 54.6 Å². The van der Waals surface area contributed by atoms with E-state index in [1.807, 2.05) is 24.3 Å². The minimum Gasteiger partial charge on any atom is -0.378 e. The van der Waals surface area contributed by atoms with Gasteiger partial charge in [-0.1, -0.05) is 30.3 Å². The molecule has 3 nitrogen and oxygen atoms in total. The molecule has 86 valence electrons. The first-order chi connectivity index (χ1) is 8.78. The van der Waals surface area contributed by atoms with Gasteiger partial charge in [-0.25, -0.2) is 11.4 Å². The van der Waals surface area contributed by atoms with E-state index in [0.29, 0.717) is 16.7 Å². The van der Waals surface area contributed by atoms with Gasteiger partial charge in [0.25, 0.3) is 0 Å². The Morgan fingerprint density at radius 1 is 1.00 bits per heavy atom. The number of carbonyl (C=O) groups excluding carboxylic acids is 1. The molecular formula is C15H9NO2. The molecular weight excluding hydrogens is 226 g/mol. The molecule has 0 aliphatic carbocycles. The van der Waals surface area contributed by atoms with Crippen molar-refractivity contribution in [2.24, 2.45) is 0 Å². The lowest BCUT2D eigenvalue weighted by Crippen LogP contribution is -2.23. The van der Waals surface area contributed by atoms with E-state index in [1.54, 1.807) is 30.3 Å². The van der Waals surface area contributed by atoms with E-state index in [9.17, 15) is 4.79 Å².